The molecule has 2 amide bonds. The van der Waals surface area contributed by atoms with Crippen LogP contribution in [0.25, 0.3) is 0 Å². The first-order valence-corrected chi connectivity index (χ1v) is 7.76. The van der Waals surface area contributed by atoms with E-state index in [0.29, 0.717) is 19.5 Å². The average Bonchev–Trinajstić information content (AvgIpc) is 2.38. The Morgan fingerprint density at radius 3 is 2.42 bits per heavy atom. The maximum atomic E-state index is 11.3. The molecule has 0 aromatic carbocycles. The van der Waals surface area contributed by atoms with Crippen molar-refractivity contribution in [2.24, 2.45) is 0 Å². The quantitative estimate of drug-likeness (QED) is 0.366. The van der Waals surface area contributed by atoms with Gasteiger partial charge in [-0.3, -0.25) is 9.59 Å². The molecule has 0 aliphatic heterocycles. The molecule has 5 heteroatoms. The Labute approximate surface area is 120 Å². The van der Waals surface area contributed by atoms with E-state index in [1.165, 1.54) is 6.08 Å². The van der Waals surface area contributed by atoms with Crippen LogP contribution in [-0.4, -0.2) is 36.4 Å². The van der Waals surface area contributed by atoms with Crippen LogP contribution in [0.15, 0.2) is 24.3 Å². The van der Waals surface area contributed by atoms with Gasteiger partial charge in [-0.2, -0.15) is 11.8 Å². The Bertz CT molecular complexity index is 315. The number of nitrogens with one attached hydrogen (secondary N) is 2. The van der Waals surface area contributed by atoms with Gasteiger partial charge in [0.15, 0.2) is 0 Å². The highest BCUT2D eigenvalue weighted by Crippen LogP contribution is 1.96. The van der Waals surface area contributed by atoms with Gasteiger partial charge in [-0.25, -0.2) is 0 Å². The smallest absolute Gasteiger partial charge is 0.243 e. The summed E-state index contributed by atoms with van der Waals surface area (Å²) in [5, 5.41) is 5.63. The van der Waals surface area contributed by atoms with E-state index in [2.05, 4.69) is 10.6 Å². The topological polar surface area (TPSA) is 58.2 Å². The summed E-state index contributed by atoms with van der Waals surface area (Å²) >= 11 is 1.71. The van der Waals surface area contributed by atoms with E-state index in [1.807, 2.05) is 26.0 Å². The minimum atomic E-state index is -0.0564. The number of hydrogen-bond acceptors (Lipinski definition) is 3. The van der Waals surface area contributed by atoms with Crippen molar-refractivity contribution in [3.05, 3.63) is 24.3 Å². The first kappa shape index (κ1) is 17.8. The number of rotatable bonds is 10. The largest absolute Gasteiger partial charge is 0.355 e. The second-order valence-electron chi connectivity index (χ2n) is 3.84. The van der Waals surface area contributed by atoms with Gasteiger partial charge in [0.1, 0.15) is 0 Å². The summed E-state index contributed by atoms with van der Waals surface area (Å²) in [5.41, 5.74) is 0. The summed E-state index contributed by atoms with van der Waals surface area (Å²) in [5.74, 6) is 1.73. The van der Waals surface area contributed by atoms with Gasteiger partial charge in [0.2, 0.25) is 11.8 Å². The van der Waals surface area contributed by atoms with Gasteiger partial charge in [0.05, 0.1) is 0 Å². The SMILES string of the molecule is C/C=C/C(=O)NCCSCCNC(=O)C/C=C\CC. The molecule has 4 nitrogen and oxygen atoms in total. The van der Waals surface area contributed by atoms with Crippen LogP contribution in [0.4, 0.5) is 0 Å². The fourth-order valence-corrected chi connectivity index (χ4v) is 1.95. The molecular formula is C14H24N2O2S. The average molecular weight is 284 g/mol. The second kappa shape index (κ2) is 13.2. The molecule has 0 fully saturated rings. The van der Waals surface area contributed by atoms with Crippen molar-refractivity contribution >= 4 is 23.6 Å². The van der Waals surface area contributed by atoms with Gasteiger partial charge >= 0.3 is 0 Å². The fraction of sp³-hybridized carbons (Fsp3) is 0.571. The molecule has 0 heterocycles. The number of carbonyl (C=O) groups is 2. The molecular weight excluding hydrogens is 260 g/mol. The van der Waals surface area contributed by atoms with Crippen molar-refractivity contribution in [2.45, 2.75) is 26.7 Å². The third-order valence-electron chi connectivity index (χ3n) is 2.14. The molecule has 0 rings (SSSR count). The van der Waals surface area contributed by atoms with E-state index in [9.17, 15) is 9.59 Å². The van der Waals surface area contributed by atoms with Gasteiger partial charge < -0.3 is 10.6 Å². The zero-order chi connectivity index (χ0) is 14.3. The van der Waals surface area contributed by atoms with Gasteiger partial charge in [0, 0.05) is 31.0 Å². The fourth-order valence-electron chi connectivity index (χ4n) is 1.25. The van der Waals surface area contributed by atoms with Crippen LogP contribution < -0.4 is 10.6 Å². The Hall–Kier alpha value is -1.23. The Balaban J connectivity index is 3.33. The molecule has 2 N–H and O–H groups in total. The molecule has 0 atom stereocenters. The molecule has 19 heavy (non-hydrogen) atoms. The number of thioether (sulfide) groups is 1. The number of hydrogen-bond donors (Lipinski definition) is 2. The van der Waals surface area contributed by atoms with Crippen molar-refractivity contribution in [1.29, 1.82) is 0 Å². The summed E-state index contributed by atoms with van der Waals surface area (Å²) in [6, 6.07) is 0. The lowest BCUT2D eigenvalue weighted by Gasteiger charge is -2.04. The molecule has 0 aromatic rings. The summed E-state index contributed by atoms with van der Waals surface area (Å²) in [6.07, 6.45) is 8.51. The minimum Gasteiger partial charge on any atom is -0.355 e. The standard InChI is InChI=1S/C14H24N2O2S/c1-3-5-6-8-14(18)16-10-12-19-11-9-15-13(17)7-4-2/h4-7H,3,8-12H2,1-2H3,(H,15,17)(H,16,18)/b6-5-,7-4+. The molecule has 0 unspecified atom stereocenters. The van der Waals surface area contributed by atoms with Crippen molar-refractivity contribution in [2.75, 3.05) is 24.6 Å². The minimum absolute atomic E-state index is 0.0564. The third kappa shape index (κ3) is 13.0. The third-order valence-corrected chi connectivity index (χ3v) is 3.12. The van der Waals surface area contributed by atoms with Crippen molar-refractivity contribution in [3.8, 4) is 0 Å². The zero-order valence-electron chi connectivity index (χ0n) is 11.8. The Morgan fingerprint density at radius 2 is 1.79 bits per heavy atom. The molecule has 0 radical (unpaired) electrons. The van der Waals surface area contributed by atoms with Crippen molar-refractivity contribution < 1.29 is 9.59 Å². The summed E-state index contributed by atoms with van der Waals surface area (Å²) in [7, 11) is 0. The van der Waals surface area contributed by atoms with Crippen molar-refractivity contribution in [1.82, 2.24) is 10.6 Å². The molecule has 0 spiro atoms. The van der Waals surface area contributed by atoms with Gasteiger partial charge in [-0.1, -0.05) is 25.2 Å². The highest BCUT2D eigenvalue weighted by Gasteiger charge is 1.97. The molecule has 108 valence electrons. The molecule has 0 saturated heterocycles. The van der Waals surface area contributed by atoms with Crippen LogP contribution in [0.1, 0.15) is 26.7 Å². The summed E-state index contributed by atoms with van der Waals surface area (Å²) in [4.78, 5) is 22.4. The lowest BCUT2D eigenvalue weighted by atomic mass is 10.3. The lowest BCUT2D eigenvalue weighted by Crippen LogP contribution is -2.26. The van der Waals surface area contributed by atoms with E-state index in [-0.39, 0.29) is 11.8 Å². The van der Waals surface area contributed by atoms with Crippen LogP contribution in [-0.2, 0) is 9.59 Å². The highest BCUT2D eigenvalue weighted by molar-refractivity contribution is 7.99. The number of amides is 2. The van der Waals surface area contributed by atoms with E-state index in [4.69, 9.17) is 0 Å². The highest BCUT2D eigenvalue weighted by atomic mass is 32.2. The molecule has 0 aliphatic carbocycles. The van der Waals surface area contributed by atoms with Gasteiger partial charge in [0.25, 0.3) is 0 Å². The van der Waals surface area contributed by atoms with E-state index in [0.717, 1.165) is 17.9 Å². The van der Waals surface area contributed by atoms with Crippen molar-refractivity contribution in [3.63, 3.8) is 0 Å². The second-order valence-corrected chi connectivity index (χ2v) is 5.06. The number of allylic oxidation sites excluding steroid dienone is 2. The van der Waals surface area contributed by atoms with Crippen LogP contribution in [0.3, 0.4) is 0 Å². The van der Waals surface area contributed by atoms with Crippen LogP contribution in [0.2, 0.25) is 0 Å². The maximum absolute atomic E-state index is 11.3. The maximum Gasteiger partial charge on any atom is 0.243 e. The Kier molecular flexibility index (Phi) is 12.4. The first-order valence-electron chi connectivity index (χ1n) is 6.60. The van der Waals surface area contributed by atoms with E-state index < -0.39 is 0 Å². The van der Waals surface area contributed by atoms with Crippen LogP contribution >= 0.6 is 11.8 Å². The Morgan fingerprint density at radius 1 is 1.11 bits per heavy atom. The van der Waals surface area contributed by atoms with E-state index >= 15 is 0 Å². The van der Waals surface area contributed by atoms with Crippen LogP contribution in [0.5, 0.6) is 0 Å². The molecule has 0 aromatic heterocycles. The predicted molar refractivity (Wildman–Crippen MR) is 82.2 cm³/mol. The normalized spacial score (nSPS) is 11.1. The van der Waals surface area contributed by atoms with Gasteiger partial charge in [-0.15, -0.1) is 0 Å². The van der Waals surface area contributed by atoms with E-state index in [1.54, 1.807) is 17.8 Å². The summed E-state index contributed by atoms with van der Waals surface area (Å²) < 4.78 is 0. The lowest BCUT2D eigenvalue weighted by molar-refractivity contribution is -0.120. The molecule has 0 bridgehead atoms. The predicted octanol–water partition coefficient (Wildman–Crippen LogP) is 1.88. The monoisotopic (exact) mass is 284 g/mol. The summed E-state index contributed by atoms with van der Waals surface area (Å²) in [6.45, 7) is 5.18. The zero-order valence-corrected chi connectivity index (χ0v) is 12.6. The van der Waals surface area contributed by atoms with Crippen LogP contribution in [0, 0.1) is 0 Å². The molecule has 0 saturated carbocycles. The number of carbonyl (C=O) groups excluding carboxylic acids is 2. The van der Waals surface area contributed by atoms with Gasteiger partial charge in [-0.05, 0) is 19.4 Å². The molecule has 0 aliphatic rings. The first-order chi connectivity index (χ1) is 9.20.